The van der Waals surface area contributed by atoms with Crippen LogP contribution in [-0.2, 0) is 18.3 Å². The first kappa shape index (κ1) is 18.4. The van der Waals surface area contributed by atoms with Crippen LogP contribution in [0.1, 0.15) is 42.3 Å². The van der Waals surface area contributed by atoms with Crippen molar-refractivity contribution in [3.8, 4) is 11.1 Å². The Bertz CT molecular complexity index is 942. The van der Waals surface area contributed by atoms with Crippen LogP contribution in [0.3, 0.4) is 0 Å². The first-order valence-electron chi connectivity index (χ1n) is 9.83. The first-order valence-corrected chi connectivity index (χ1v) is 9.83. The van der Waals surface area contributed by atoms with Crippen molar-refractivity contribution in [1.82, 2.24) is 29.9 Å². The molecule has 1 aliphatic rings. The number of nitrogens with one attached hydrogen (secondary N) is 1. The summed E-state index contributed by atoms with van der Waals surface area (Å²) in [5.41, 5.74) is 4.68. The summed E-state index contributed by atoms with van der Waals surface area (Å²) < 4.78 is 1.87. The maximum Gasteiger partial charge on any atom is 0.223 e. The minimum atomic E-state index is 0.184. The number of aromatic nitrogens is 5. The summed E-state index contributed by atoms with van der Waals surface area (Å²) in [6.07, 6.45) is 6.72. The molecule has 0 spiro atoms. The number of nitrogens with zero attached hydrogens (tertiary/aromatic N) is 5. The number of benzene rings is 1. The fourth-order valence-corrected chi connectivity index (χ4v) is 3.92. The molecular weight excluding hydrogens is 352 g/mol. The van der Waals surface area contributed by atoms with Crippen molar-refractivity contribution < 1.29 is 4.79 Å². The van der Waals surface area contributed by atoms with Gasteiger partial charge in [-0.25, -0.2) is 0 Å². The van der Waals surface area contributed by atoms with Gasteiger partial charge >= 0.3 is 0 Å². The van der Waals surface area contributed by atoms with E-state index in [1.165, 1.54) is 11.1 Å². The Morgan fingerprint density at radius 2 is 2.11 bits per heavy atom. The summed E-state index contributed by atoms with van der Waals surface area (Å²) in [7, 11) is 1.90. The third kappa shape index (κ3) is 3.83. The predicted octanol–water partition coefficient (Wildman–Crippen LogP) is 2.85. The molecule has 4 rings (SSSR count). The number of piperidine rings is 1. The van der Waals surface area contributed by atoms with Gasteiger partial charge in [0.15, 0.2) is 0 Å². The van der Waals surface area contributed by atoms with Crippen LogP contribution in [0, 0.1) is 6.92 Å². The molecule has 7 nitrogen and oxygen atoms in total. The molecule has 1 aromatic carbocycles. The molecule has 0 bridgehead atoms. The van der Waals surface area contributed by atoms with Gasteiger partial charge in [0.1, 0.15) is 12.2 Å². The Hall–Kier alpha value is -2.96. The molecule has 28 heavy (non-hydrogen) atoms. The van der Waals surface area contributed by atoms with E-state index < -0.39 is 0 Å². The van der Waals surface area contributed by atoms with E-state index in [-0.39, 0.29) is 11.8 Å². The number of hydrogen-bond acceptors (Lipinski definition) is 4. The van der Waals surface area contributed by atoms with Crippen molar-refractivity contribution in [1.29, 1.82) is 0 Å². The molecule has 7 heteroatoms. The zero-order valence-electron chi connectivity index (χ0n) is 16.4. The average molecular weight is 378 g/mol. The second-order valence-corrected chi connectivity index (χ2v) is 7.60. The molecule has 1 N–H and O–H groups in total. The van der Waals surface area contributed by atoms with E-state index in [2.05, 4.69) is 51.6 Å². The van der Waals surface area contributed by atoms with Crippen LogP contribution in [0.5, 0.6) is 0 Å². The third-order valence-electron chi connectivity index (χ3n) is 5.58. The number of likely N-dealkylation sites (tertiary alicyclic amines) is 1. The molecule has 0 radical (unpaired) electrons. The molecule has 1 amide bonds. The van der Waals surface area contributed by atoms with Gasteiger partial charge in [0.25, 0.3) is 0 Å². The quantitative estimate of drug-likeness (QED) is 0.740. The number of carbonyl (C=O) groups is 1. The van der Waals surface area contributed by atoms with E-state index in [1.807, 2.05) is 22.7 Å². The number of carbonyl (C=O) groups excluding carboxylic acids is 1. The average Bonchev–Trinajstić information content (AvgIpc) is 3.36. The molecule has 1 unspecified atom stereocenters. The zero-order chi connectivity index (χ0) is 19.5. The smallest absolute Gasteiger partial charge is 0.223 e. The van der Waals surface area contributed by atoms with Gasteiger partial charge in [0, 0.05) is 50.2 Å². The predicted molar refractivity (Wildman–Crippen MR) is 107 cm³/mol. The second kappa shape index (κ2) is 7.96. The van der Waals surface area contributed by atoms with Crippen LogP contribution >= 0.6 is 0 Å². The van der Waals surface area contributed by atoms with Crippen molar-refractivity contribution in [3.05, 3.63) is 53.9 Å². The van der Waals surface area contributed by atoms with Crippen LogP contribution in [0.25, 0.3) is 11.1 Å². The highest BCUT2D eigenvalue weighted by atomic mass is 16.2. The number of hydrogen-bond donors (Lipinski definition) is 1. The Balaban J connectivity index is 1.44. The summed E-state index contributed by atoms with van der Waals surface area (Å²) in [5, 5.41) is 15.4. The van der Waals surface area contributed by atoms with Crippen LogP contribution in [0.4, 0.5) is 0 Å². The van der Waals surface area contributed by atoms with Gasteiger partial charge in [-0.3, -0.25) is 9.89 Å². The normalized spacial score (nSPS) is 17.1. The van der Waals surface area contributed by atoms with Crippen molar-refractivity contribution in [2.24, 2.45) is 7.05 Å². The second-order valence-electron chi connectivity index (χ2n) is 7.60. The standard InChI is InChI=1S/C21H26N6O/c1-15-5-7-16(8-6-15)18-12-22-25-21(18)17-4-3-11-27(13-17)20(28)10-9-19-24-23-14-26(19)2/h5-8,12,14,17H,3-4,9-11,13H2,1-2H3,(H,22,25). The van der Waals surface area contributed by atoms with Crippen LogP contribution < -0.4 is 0 Å². The Morgan fingerprint density at radius 3 is 2.86 bits per heavy atom. The first-order chi connectivity index (χ1) is 13.6. The lowest BCUT2D eigenvalue weighted by molar-refractivity contribution is -0.132. The topological polar surface area (TPSA) is 79.7 Å². The van der Waals surface area contributed by atoms with Crippen molar-refractivity contribution in [3.63, 3.8) is 0 Å². The summed E-state index contributed by atoms with van der Waals surface area (Å²) in [4.78, 5) is 14.7. The third-order valence-corrected chi connectivity index (χ3v) is 5.58. The molecule has 1 aliphatic heterocycles. The largest absolute Gasteiger partial charge is 0.342 e. The van der Waals surface area contributed by atoms with E-state index in [0.29, 0.717) is 12.8 Å². The molecule has 1 fully saturated rings. The Kier molecular flexibility index (Phi) is 5.23. The van der Waals surface area contributed by atoms with E-state index in [0.717, 1.165) is 43.0 Å². The van der Waals surface area contributed by atoms with Gasteiger partial charge < -0.3 is 9.47 Å². The van der Waals surface area contributed by atoms with E-state index in [4.69, 9.17) is 0 Å². The number of aromatic amines is 1. The SMILES string of the molecule is Cc1ccc(-c2cn[nH]c2C2CCCN(C(=O)CCc3nncn3C)C2)cc1. The Labute approximate surface area is 164 Å². The van der Waals surface area contributed by atoms with E-state index >= 15 is 0 Å². The maximum atomic E-state index is 12.8. The summed E-state index contributed by atoms with van der Waals surface area (Å²) in [5.74, 6) is 1.31. The van der Waals surface area contributed by atoms with Gasteiger partial charge in [-0.2, -0.15) is 5.10 Å². The van der Waals surface area contributed by atoms with Gasteiger partial charge in [-0.1, -0.05) is 29.8 Å². The minimum absolute atomic E-state index is 0.184. The zero-order valence-corrected chi connectivity index (χ0v) is 16.4. The van der Waals surface area contributed by atoms with Gasteiger partial charge in [-0.15, -0.1) is 10.2 Å². The fraction of sp³-hybridized carbons (Fsp3) is 0.429. The number of rotatable bonds is 5. The lowest BCUT2D eigenvalue weighted by atomic mass is 9.90. The monoisotopic (exact) mass is 378 g/mol. The van der Waals surface area contributed by atoms with Gasteiger partial charge in [0.2, 0.25) is 5.91 Å². The minimum Gasteiger partial charge on any atom is -0.342 e. The molecular formula is C21H26N6O. The fourth-order valence-electron chi connectivity index (χ4n) is 3.92. The molecule has 1 atom stereocenters. The van der Waals surface area contributed by atoms with Crippen LogP contribution in [0.2, 0.25) is 0 Å². The lowest BCUT2D eigenvalue weighted by Gasteiger charge is -2.33. The molecule has 0 saturated carbocycles. The van der Waals surface area contributed by atoms with Crippen molar-refractivity contribution in [2.75, 3.05) is 13.1 Å². The lowest BCUT2D eigenvalue weighted by Crippen LogP contribution is -2.39. The van der Waals surface area contributed by atoms with Crippen LogP contribution in [0.15, 0.2) is 36.8 Å². The number of H-pyrrole nitrogens is 1. The number of aryl methyl sites for hydroxylation is 3. The van der Waals surface area contributed by atoms with Crippen molar-refractivity contribution >= 4 is 5.91 Å². The molecule has 146 valence electrons. The molecule has 3 heterocycles. The molecule has 2 aromatic heterocycles. The highest BCUT2D eigenvalue weighted by Gasteiger charge is 2.27. The Morgan fingerprint density at radius 1 is 1.29 bits per heavy atom. The van der Waals surface area contributed by atoms with Crippen molar-refractivity contribution in [2.45, 2.75) is 38.5 Å². The molecule has 3 aromatic rings. The summed E-state index contributed by atoms with van der Waals surface area (Å²) in [6, 6.07) is 8.51. The molecule has 1 saturated heterocycles. The highest BCUT2D eigenvalue weighted by molar-refractivity contribution is 5.76. The van der Waals surface area contributed by atoms with Gasteiger partial charge in [-0.05, 0) is 25.3 Å². The van der Waals surface area contributed by atoms with E-state index in [9.17, 15) is 4.79 Å². The summed E-state index contributed by atoms with van der Waals surface area (Å²) in [6.45, 7) is 3.65. The molecule has 0 aliphatic carbocycles. The van der Waals surface area contributed by atoms with Crippen LogP contribution in [-0.4, -0.2) is 48.9 Å². The number of amides is 1. The highest BCUT2D eigenvalue weighted by Crippen LogP contribution is 2.33. The summed E-state index contributed by atoms with van der Waals surface area (Å²) >= 11 is 0. The maximum absolute atomic E-state index is 12.8. The van der Waals surface area contributed by atoms with Gasteiger partial charge in [0.05, 0.1) is 6.20 Å². The van der Waals surface area contributed by atoms with E-state index in [1.54, 1.807) is 6.33 Å².